The number of fused-ring (bicyclic) bond motifs is 1. The van der Waals surface area contributed by atoms with Crippen LogP contribution in [-0.4, -0.2) is 11.5 Å². The van der Waals surface area contributed by atoms with Gasteiger partial charge in [0.05, 0.1) is 6.04 Å². The van der Waals surface area contributed by atoms with Crippen molar-refractivity contribution in [2.75, 3.05) is 11.9 Å². The fourth-order valence-electron chi connectivity index (χ4n) is 2.52. The molecule has 1 aliphatic rings. The van der Waals surface area contributed by atoms with Gasteiger partial charge in [0.25, 0.3) is 0 Å². The number of hydrogen-bond acceptors (Lipinski definition) is 4. The van der Waals surface area contributed by atoms with Gasteiger partial charge < -0.3 is 10.6 Å². The first-order valence-corrected chi connectivity index (χ1v) is 7.73. The van der Waals surface area contributed by atoms with Gasteiger partial charge in [-0.1, -0.05) is 19.1 Å². The second-order valence-corrected chi connectivity index (χ2v) is 5.81. The van der Waals surface area contributed by atoms with Gasteiger partial charge in [-0.25, -0.2) is 4.98 Å². The second-order valence-electron chi connectivity index (χ2n) is 4.88. The Morgan fingerprint density at radius 3 is 3.21 bits per heavy atom. The summed E-state index contributed by atoms with van der Waals surface area (Å²) in [6.45, 7) is 4.18. The van der Waals surface area contributed by atoms with E-state index in [-0.39, 0.29) is 0 Å². The fraction of sp³-hybridized carbons (Fsp3) is 0.400. The molecule has 1 aromatic carbocycles. The third-order valence-electron chi connectivity index (χ3n) is 3.59. The van der Waals surface area contributed by atoms with Crippen LogP contribution >= 0.6 is 11.3 Å². The Morgan fingerprint density at radius 1 is 1.47 bits per heavy atom. The van der Waals surface area contributed by atoms with Gasteiger partial charge in [-0.05, 0) is 30.0 Å². The summed E-state index contributed by atoms with van der Waals surface area (Å²) < 4.78 is 0. The highest BCUT2D eigenvalue weighted by molar-refractivity contribution is 7.09. The lowest BCUT2D eigenvalue weighted by atomic mass is 10.1. The maximum Gasteiger partial charge on any atom is 0.109 e. The number of rotatable bonds is 5. The van der Waals surface area contributed by atoms with Gasteiger partial charge in [-0.2, -0.15) is 0 Å². The van der Waals surface area contributed by atoms with Gasteiger partial charge in [0.1, 0.15) is 5.01 Å². The molecular formula is C15H19N3S. The standard InChI is InChI=1S/C15H19N3S/c1-2-13(15-17-7-8-19-15)18-10-11-3-4-14-12(9-11)5-6-16-14/h3-4,7-9,13,16,18H,2,5-6,10H2,1H3. The zero-order valence-electron chi connectivity index (χ0n) is 11.1. The molecule has 0 saturated heterocycles. The van der Waals surface area contributed by atoms with E-state index in [0.29, 0.717) is 6.04 Å². The molecule has 19 heavy (non-hydrogen) atoms. The Morgan fingerprint density at radius 2 is 2.42 bits per heavy atom. The predicted molar refractivity (Wildman–Crippen MR) is 80.6 cm³/mol. The maximum atomic E-state index is 4.40. The first kappa shape index (κ1) is 12.6. The van der Waals surface area contributed by atoms with Gasteiger partial charge in [-0.3, -0.25) is 0 Å². The Kier molecular flexibility index (Phi) is 3.80. The van der Waals surface area contributed by atoms with Crippen LogP contribution < -0.4 is 10.6 Å². The highest BCUT2D eigenvalue weighted by atomic mass is 32.1. The molecule has 2 aromatic rings. The third kappa shape index (κ3) is 2.80. The number of thiazole rings is 1. The molecule has 3 rings (SSSR count). The van der Waals surface area contributed by atoms with Crippen LogP contribution in [-0.2, 0) is 13.0 Å². The molecule has 1 aromatic heterocycles. The van der Waals surface area contributed by atoms with Crippen molar-refractivity contribution in [1.82, 2.24) is 10.3 Å². The molecule has 0 aliphatic carbocycles. The average molecular weight is 273 g/mol. The van der Waals surface area contributed by atoms with Crippen molar-refractivity contribution >= 4 is 17.0 Å². The molecule has 0 amide bonds. The molecule has 2 heterocycles. The molecule has 1 unspecified atom stereocenters. The first-order valence-electron chi connectivity index (χ1n) is 6.85. The van der Waals surface area contributed by atoms with E-state index in [1.165, 1.54) is 21.8 Å². The molecule has 4 heteroatoms. The molecule has 3 nitrogen and oxygen atoms in total. The van der Waals surface area contributed by atoms with Crippen LogP contribution in [0.25, 0.3) is 0 Å². The molecule has 1 atom stereocenters. The van der Waals surface area contributed by atoms with Crippen molar-refractivity contribution in [2.45, 2.75) is 32.4 Å². The number of benzene rings is 1. The molecule has 0 fully saturated rings. The number of anilines is 1. The molecule has 0 spiro atoms. The Hall–Kier alpha value is -1.39. The van der Waals surface area contributed by atoms with Crippen LogP contribution in [0.2, 0.25) is 0 Å². The smallest absolute Gasteiger partial charge is 0.109 e. The minimum absolute atomic E-state index is 0.367. The summed E-state index contributed by atoms with van der Waals surface area (Å²) in [4.78, 5) is 4.40. The highest BCUT2D eigenvalue weighted by Crippen LogP contribution is 2.24. The lowest BCUT2D eigenvalue weighted by Gasteiger charge is -2.14. The van der Waals surface area contributed by atoms with Crippen molar-refractivity contribution in [3.63, 3.8) is 0 Å². The Balaban J connectivity index is 1.65. The zero-order chi connectivity index (χ0) is 13.1. The lowest BCUT2D eigenvalue weighted by Crippen LogP contribution is -2.20. The van der Waals surface area contributed by atoms with E-state index in [1.807, 2.05) is 11.6 Å². The fourth-order valence-corrected chi connectivity index (χ4v) is 3.32. The molecule has 100 valence electrons. The van der Waals surface area contributed by atoms with E-state index in [9.17, 15) is 0 Å². The molecule has 0 saturated carbocycles. The number of nitrogens with zero attached hydrogens (tertiary/aromatic N) is 1. The Bertz CT molecular complexity index is 536. The van der Waals surface area contributed by atoms with Gasteiger partial charge in [0.2, 0.25) is 0 Å². The quantitative estimate of drug-likeness (QED) is 0.877. The normalized spacial score (nSPS) is 15.0. The molecule has 2 N–H and O–H groups in total. The second kappa shape index (κ2) is 5.72. The molecule has 0 radical (unpaired) electrons. The largest absolute Gasteiger partial charge is 0.384 e. The van der Waals surface area contributed by atoms with Crippen LogP contribution in [0.3, 0.4) is 0 Å². The van der Waals surface area contributed by atoms with E-state index >= 15 is 0 Å². The number of hydrogen-bond donors (Lipinski definition) is 2. The van der Waals surface area contributed by atoms with Crippen molar-refractivity contribution in [3.05, 3.63) is 45.9 Å². The number of aromatic nitrogens is 1. The van der Waals surface area contributed by atoms with Gasteiger partial charge in [0, 0.05) is 30.4 Å². The van der Waals surface area contributed by atoms with Crippen LogP contribution in [0.15, 0.2) is 29.8 Å². The van der Waals surface area contributed by atoms with E-state index < -0.39 is 0 Å². The summed E-state index contributed by atoms with van der Waals surface area (Å²) in [5.74, 6) is 0. The van der Waals surface area contributed by atoms with Crippen molar-refractivity contribution in [1.29, 1.82) is 0 Å². The number of nitrogens with one attached hydrogen (secondary N) is 2. The summed E-state index contributed by atoms with van der Waals surface area (Å²) in [5, 5.41) is 10.2. The SMILES string of the molecule is CCC(NCc1ccc2c(c1)CCN2)c1nccs1. The highest BCUT2D eigenvalue weighted by Gasteiger charge is 2.13. The van der Waals surface area contributed by atoms with E-state index in [2.05, 4.69) is 40.7 Å². The average Bonchev–Trinajstić information content (AvgIpc) is 3.10. The Labute approximate surface area is 118 Å². The summed E-state index contributed by atoms with van der Waals surface area (Å²) in [6.07, 6.45) is 4.10. The van der Waals surface area contributed by atoms with Crippen LogP contribution in [0.1, 0.15) is 35.5 Å². The minimum Gasteiger partial charge on any atom is -0.384 e. The third-order valence-corrected chi connectivity index (χ3v) is 4.48. The topological polar surface area (TPSA) is 37.0 Å². The van der Waals surface area contributed by atoms with Crippen molar-refractivity contribution in [2.24, 2.45) is 0 Å². The maximum absolute atomic E-state index is 4.40. The van der Waals surface area contributed by atoms with Gasteiger partial charge in [-0.15, -0.1) is 11.3 Å². The van der Waals surface area contributed by atoms with E-state index in [1.54, 1.807) is 11.3 Å². The molecule has 1 aliphatic heterocycles. The predicted octanol–water partition coefficient (Wildman–Crippen LogP) is 3.35. The van der Waals surface area contributed by atoms with Crippen molar-refractivity contribution < 1.29 is 0 Å². The summed E-state index contributed by atoms with van der Waals surface area (Å²) in [6, 6.07) is 7.09. The first-order chi connectivity index (χ1) is 9.36. The van der Waals surface area contributed by atoms with Crippen LogP contribution in [0, 0.1) is 0 Å². The zero-order valence-corrected chi connectivity index (χ0v) is 12.0. The summed E-state index contributed by atoms with van der Waals surface area (Å²) in [7, 11) is 0. The van der Waals surface area contributed by atoms with E-state index in [4.69, 9.17) is 0 Å². The molecular weight excluding hydrogens is 254 g/mol. The lowest BCUT2D eigenvalue weighted by molar-refractivity contribution is 0.516. The van der Waals surface area contributed by atoms with Gasteiger partial charge >= 0.3 is 0 Å². The van der Waals surface area contributed by atoms with Crippen LogP contribution in [0.4, 0.5) is 5.69 Å². The van der Waals surface area contributed by atoms with Crippen molar-refractivity contribution in [3.8, 4) is 0 Å². The summed E-state index contributed by atoms with van der Waals surface area (Å²) >= 11 is 1.73. The monoisotopic (exact) mass is 273 g/mol. The van der Waals surface area contributed by atoms with E-state index in [0.717, 1.165) is 25.9 Å². The molecule has 0 bridgehead atoms. The summed E-state index contributed by atoms with van der Waals surface area (Å²) in [5.41, 5.74) is 4.11. The van der Waals surface area contributed by atoms with Gasteiger partial charge in [0.15, 0.2) is 0 Å². The minimum atomic E-state index is 0.367. The van der Waals surface area contributed by atoms with Crippen LogP contribution in [0.5, 0.6) is 0 Å².